The van der Waals surface area contributed by atoms with Gasteiger partial charge in [-0.1, -0.05) is 18.2 Å². The first kappa shape index (κ1) is 16.5. The van der Waals surface area contributed by atoms with Gasteiger partial charge in [-0.3, -0.25) is 0 Å². The lowest BCUT2D eigenvalue weighted by atomic mass is 10.2. The summed E-state index contributed by atoms with van der Waals surface area (Å²) in [6.45, 7) is 2.07. The van der Waals surface area contributed by atoms with Crippen LogP contribution in [0.5, 0.6) is 17.2 Å². The van der Waals surface area contributed by atoms with E-state index in [1.54, 1.807) is 26.2 Å². The summed E-state index contributed by atoms with van der Waals surface area (Å²) in [6, 6.07) is 13.4. The molecule has 0 aromatic heterocycles. The normalized spacial score (nSPS) is 11.4. The highest BCUT2D eigenvalue weighted by Gasteiger charge is 2.09. The van der Waals surface area contributed by atoms with Crippen LogP contribution in [0.15, 0.2) is 48.5 Å². The minimum absolute atomic E-state index is 0.160. The largest absolute Gasteiger partial charge is 0.508 e. The smallest absolute Gasteiger partial charge is 0.317 e. The number of amides is 2. The Kier molecular flexibility index (Phi) is 5.68. The van der Waals surface area contributed by atoms with E-state index in [2.05, 4.69) is 10.6 Å². The van der Waals surface area contributed by atoms with Crippen molar-refractivity contribution in [3.8, 4) is 17.2 Å². The molecule has 0 aliphatic carbocycles. The molecule has 0 saturated heterocycles. The molecule has 0 radical (unpaired) electrons. The molecular weight excluding hydrogens is 296 g/mol. The zero-order chi connectivity index (χ0) is 16.7. The number of nitrogens with one attached hydrogen (secondary N) is 2. The number of hydrogen-bond acceptors (Lipinski definition) is 4. The fourth-order valence-corrected chi connectivity index (χ4v) is 2.02. The maximum atomic E-state index is 11.9. The van der Waals surface area contributed by atoms with Gasteiger partial charge < -0.3 is 25.2 Å². The molecule has 0 aliphatic rings. The highest BCUT2D eigenvalue weighted by Crippen LogP contribution is 2.17. The van der Waals surface area contributed by atoms with Crippen molar-refractivity contribution in [1.82, 2.24) is 10.6 Å². The van der Waals surface area contributed by atoms with Crippen LogP contribution in [0.25, 0.3) is 0 Å². The molecule has 0 bridgehead atoms. The van der Waals surface area contributed by atoms with E-state index in [1.165, 1.54) is 12.1 Å². The number of phenols is 1. The van der Waals surface area contributed by atoms with Crippen molar-refractivity contribution in [3.63, 3.8) is 0 Å². The quantitative estimate of drug-likeness (QED) is 0.716. The fraction of sp³-hybridized carbons (Fsp3) is 0.235. The average Bonchev–Trinajstić information content (AvgIpc) is 2.55. The summed E-state index contributed by atoms with van der Waals surface area (Å²) in [4.78, 5) is 11.9. The molecule has 2 aromatic carbocycles. The molecule has 0 heterocycles. The van der Waals surface area contributed by atoms with Crippen molar-refractivity contribution < 1.29 is 19.4 Å². The van der Waals surface area contributed by atoms with Crippen molar-refractivity contribution >= 4 is 6.03 Å². The SMILES string of the molecule is COc1ccccc1CNC(=O)NC(C)Oc1ccc(O)cc1. The summed E-state index contributed by atoms with van der Waals surface area (Å²) in [5.74, 6) is 1.44. The fourth-order valence-electron chi connectivity index (χ4n) is 2.02. The number of urea groups is 1. The third-order valence-electron chi connectivity index (χ3n) is 3.12. The van der Waals surface area contributed by atoms with Crippen LogP contribution < -0.4 is 20.1 Å². The van der Waals surface area contributed by atoms with Crippen LogP contribution in [0.1, 0.15) is 12.5 Å². The second kappa shape index (κ2) is 7.93. The van der Waals surface area contributed by atoms with Crippen molar-refractivity contribution in [2.24, 2.45) is 0 Å². The Morgan fingerprint density at radius 2 is 1.87 bits per heavy atom. The number of methoxy groups -OCH3 is 1. The summed E-state index contributed by atoms with van der Waals surface area (Å²) in [6.07, 6.45) is -0.516. The van der Waals surface area contributed by atoms with Crippen LogP contribution in [0.4, 0.5) is 4.79 Å². The number of ether oxygens (including phenoxy) is 2. The first-order chi connectivity index (χ1) is 11.1. The van der Waals surface area contributed by atoms with Crippen molar-refractivity contribution in [3.05, 3.63) is 54.1 Å². The highest BCUT2D eigenvalue weighted by molar-refractivity contribution is 5.74. The lowest BCUT2D eigenvalue weighted by Gasteiger charge is -2.17. The van der Waals surface area contributed by atoms with Gasteiger partial charge in [-0.15, -0.1) is 0 Å². The van der Waals surface area contributed by atoms with Gasteiger partial charge in [-0.2, -0.15) is 0 Å². The molecule has 0 spiro atoms. The molecule has 0 fully saturated rings. The van der Waals surface area contributed by atoms with Crippen LogP contribution in [0.2, 0.25) is 0 Å². The molecule has 1 unspecified atom stereocenters. The average molecular weight is 316 g/mol. The van der Waals surface area contributed by atoms with Gasteiger partial charge in [0, 0.05) is 12.1 Å². The van der Waals surface area contributed by atoms with Crippen LogP contribution in [-0.2, 0) is 6.54 Å². The van der Waals surface area contributed by atoms with Crippen LogP contribution >= 0.6 is 0 Å². The Morgan fingerprint density at radius 1 is 1.17 bits per heavy atom. The number of benzene rings is 2. The summed E-state index contributed by atoms with van der Waals surface area (Å²) in [5, 5.41) is 14.6. The third kappa shape index (κ3) is 5.10. The topological polar surface area (TPSA) is 79.8 Å². The Hall–Kier alpha value is -2.89. The zero-order valence-corrected chi connectivity index (χ0v) is 13.1. The number of para-hydroxylation sites is 1. The number of phenolic OH excluding ortho intramolecular Hbond substituents is 1. The molecule has 6 heteroatoms. The van der Waals surface area contributed by atoms with E-state index in [9.17, 15) is 9.90 Å². The van der Waals surface area contributed by atoms with Gasteiger partial charge in [0.1, 0.15) is 17.2 Å². The van der Waals surface area contributed by atoms with Crippen molar-refractivity contribution in [2.75, 3.05) is 7.11 Å². The number of rotatable bonds is 6. The van der Waals surface area contributed by atoms with E-state index in [0.717, 1.165) is 11.3 Å². The van der Waals surface area contributed by atoms with Crippen LogP contribution in [-0.4, -0.2) is 24.5 Å². The summed E-state index contributed by atoms with van der Waals surface area (Å²) < 4.78 is 10.8. The lowest BCUT2D eigenvalue weighted by molar-refractivity contribution is 0.176. The molecule has 0 saturated carbocycles. The third-order valence-corrected chi connectivity index (χ3v) is 3.12. The van der Waals surface area contributed by atoms with Crippen molar-refractivity contribution in [2.45, 2.75) is 19.7 Å². The molecule has 2 rings (SSSR count). The first-order valence-electron chi connectivity index (χ1n) is 7.20. The van der Waals surface area contributed by atoms with Gasteiger partial charge in [-0.25, -0.2) is 4.79 Å². The molecule has 2 aromatic rings. The number of carbonyl (C=O) groups excluding carboxylic acids is 1. The van der Waals surface area contributed by atoms with E-state index < -0.39 is 6.23 Å². The van der Waals surface area contributed by atoms with Crippen molar-refractivity contribution in [1.29, 1.82) is 0 Å². The predicted molar refractivity (Wildman–Crippen MR) is 86.6 cm³/mol. The Morgan fingerprint density at radius 3 is 2.57 bits per heavy atom. The number of hydrogen-bond donors (Lipinski definition) is 3. The summed E-state index contributed by atoms with van der Waals surface area (Å²) in [7, 11) is 1.59. The molecule has 2 amide bonds. The monoisotopic (exact) mass is 316 g/mol. The van der Waals surface area contributed by atoms with E-state index in [4.69, 9.17) is 9.47 Å². The Balaban J connectivity index is 1.81. The van der Waals surface area contributed by atoms with E-state index in [0.29, 0.717) is 12.3 Å². The van der Waals surface area contributed by atoms with Gasteiger partial charge in [0.15, 0.2) is 6.23 Å². The van der Waals surface area contributed by atoms with Crippen LogP contribution in [0, 0.1) is 0 Å². The first-order valence-corrected chi connectivity index (χ1v) is 7.20. The molecule has 6 nitrogen and oxygen atoms in total. The molecule has 1 atom stereocenters. The van der Waals surface area contributed by atoms with E-state index in [-0.39, 0.29) is 11.8 Å². The van der Waals surface area contributed by atoms with Gasteiger partial charge >= 0.3 is 6.03 Å². The molecule has 0 aliphatic heterocycles. The van der Waals surface area contributed by atoms with Gasteiger partial charge in [0.25, 0.3) is 0 Å². The second-order valence-electron chi connectivity index (χ2n) is 4.89. The Labute approximate surface area is 135 Å². The minimum Gasteiger partial charge on any atom is -0.508 e. The van der Waals surface area contributed by atoms with Gasteiger partial charge in [0.2, 0.25) is 0 Å². The van der Waals surface area contributed by atoms with Gasteiger partial charge in [-0.05, 0) is 37.3 Å². The lowest BCUT2D eigenvalue weighted by Crippen LogP contribution is -2.43. The zero-order valence-electron chi connectivity index (χ0n) is 13.1. The number of aromatic hydroxyl groups is 1. The summed E-state index contributed by atoms with van der Waals surface area (Å²) >= 11 is 0. The van der Waals surface area contributed by atoms with Gasteiger partial charge in [0.05, 0.1) is 7.11 Å². The second-order valence-corrected chi connectivity index (χ2v) is 4.89. The highest BCUT2D eigenvalue weighted by atomic mass is 16.5. The number of carbonyl (C=O) groups is 1. The van der Waals surface area contributed by atoms with E-state index in [1.807, 2.05) is 24.3 Å². The van der Waals surface area contributed by atoms with Crippen LogP contribution in [0.3, 0.4) is 0 Å². The maximum Gasteiger partial charge on any atom is 0.317 e. The standard InChI is InChI=1S/C17H20N2O4/c1-12(23-15-9-7-14(20)8-10-15)19-17(21)18-11-13-5-3-4-6-16(13)22-2/h3-10,12,20H,11H2,1-2H3,(H2,18,19,21). The minimum atomic E-state index is -0.516. The summed E-state index contributed by atoms with van der Waals surface area (Å²) in [5.41, 5.74) is 0.886. The molecule has 122 valence electrons. The predicted octanol–water partition coefficient (Wildman–Crippen LogP) is 2.63. The molecule has 23 heavy (non-hydrogen) atoms. The van der Waals surface area contributed by atoms with E-state index >= 15 is 0 Å². The molecular formula is C17H20N2O4. The maximum absolute atomic E-state index is 11.9. The Bertz CT molecular complexity index is 643. The molecule has 3 N–H and O–H groups in total.